The number of halogens is 1. The van der Waals surface area contributed by atoms with Gasteiger partial charge in [0.05, 0.1) is 0 Å². The summed E-state index contributed by atoms with van der Waals surface area (Å²) in [4.78, 5) is 16.1. The highest BCUT2D eigenvalue weighted by atomic mass is 19.1. The lowest BCUT2D eigenvalue weighted by Crippen LogP contribution is -2.14. The van der Waals surface area contributed by atoms with E-state index in [9.17, 15) is 9.18 Å². The lowest BCUT2D eigenvalue weighted by molar-refractivity contribution is 0.102. The predicted octanol–water partition coefficient (Wildman–Crippen LogP) is 2.92. The van der Waals surface area contributed by atoms with Gasteiger partial charge in [-0.2, -0.15) is 0 Å². The Balaban J connectivity index is 1.97. The van der Waals surface area contributed by atoms with E-state index in [0.717, 1.165) is 18.7 Å². The molecule has 0 aliphatic carbocycles. The van der Waals surface area contributed by atoms with Gasteiger partial charge in [-0.3, -0.25) is 9.78 Å². The molecule has 0 spiro atoms. The molecule has 1 aromatic carbocycles. The zero-order valence-corrected chi connectivity index (χ0v) is 12.3. The van der Waals surface area contributed by atoms with Crippen molar-refractivity contribution in [3.8, 4) is 0 Å². The Kier molecular flexibility index (Phi) is 5.85. The van der Waals surface area contributed by atoms with Crippen LogP contribution in [0.15, 0.2) is 42.6 Å². The first-order chi connectivity index (χ1) is 10.7. The molecular formula is C16H18FN3O2. The Hall–Kier alpha value is -2.47. The molecule has 116 valence electrons. The molecule has 0 atom stereocenters. The average molecular weight is 303 g/mol. The fourth-order valence-corrected chi connectivity index (χ4v) is 1.88. The third-order valence-corrected chi connectivity index (χ3v) is 2.93. The number of ether oxygens (including phenoxy) is 1. The Labute approximate surface area is 128 Å². The Morgan fingerprint density at radius 3 is 2.91 bits per heavy atom. The molecule has 5 nitrogen and oxygen atoms in total. The van der Waals surface area contributed by atoms with Crippen LogP contribution >= 0.6 is 0 Å². The van der Waals surface area contributed by atoms with E-state index < -0.39 is 5.82 Å². The van der Waals surface area contributed by atoms with Gasteiger partial charge in [-0.25, -0.2) is 4.39 Å². The molecule has 0 radical (unpaired) electrons. The van der Waals surface area contributed by atoms with E-state index in [1.807, 2.05) is 0 Å². The highest BCUT2D eigenvalue weighted by Gasteiger charge is 2.08. The molecule has 22 heavy (non-hydrogen) atoms. The third kappa shape index (κ3) is 4.82. The van der Waals surface area contributed by atoms with Crippen LogP contribution in [-0.4, -0.2) is 31.2 Å². The second kappa shape index (κ2) is 8.09. The first-order valence-electron chi connectivity index (χ1n) is 6.95. The first kappa shape index (κ1) is 15.9. The Morgan fingerprint density at radius 1 is 1.27 bits per heavy atom. The number of pyridine rings is 1. The molecule has 2 aromatic rings. The van der Waals surface area contributed by atoms with Crippen LogP contribution in [-0.2, 0) is 4.74 Å². The zero-order valence-electron chi connectivity index (χ0n) is 12.3. The number of carbonyl (C=O) groups excluding carboxylic acids is 1. The van der Waals surface area contributed by atoms with Gasteiger partial charge in [-0.15, -0.1) is 0 Å². The van der Waals surface area contributed by atoms with Crippen molar-refractivity contribution in [1.82, 2.24) is 4.98 Å². The summed E-state index contributed by atoms with van der Waals surface area (Å²) in [5, 5.41) is 5.80. The number of nitrogens with one attached hydrogen (secondary N) is 2. The van der Waals surface area contributed by atoms with E-state index >= 15 is 0 Å². The smallest absolute Gasteiger partial charge is 0.274 e. The summed E-state index contributed by atoms with van der Waals surface area (Å²) in [6.07, 6.45) is 2.42. The summed E-state index contributed by atoms with van der Waals surface area (Å²) in [7, 11) is 1.65. The van der Waals surface area contributed by atoms with Gasteiger partial charge in [0.25, 0.3) is 5.91 Å². The zero-order chi connectivity index (χ0) is 15.8. The average Bonchev–Trinajstić information content (AvgIpc) is 2.52. The lowest BCUT2D eigenvalue weighted by atomic mass is 10.2. The highest BCUT2D eigenvalue weighted by Crippen LogP contribution is 2.12. The molecule has 0 saturated carbocycles. The largest absolute Gasteiger partial charge is 0.385 e. The summed E-state index contributed by atoms with van der Waals surface area (Å²) in [6, 6.07) is 9.16. The van der Waals surface area contributed by atoms with Crippen molar-refractivity contribution in [1.29, 1.82) is 0 Å². The fraction of sp³-hybridized carbons (Fsp3) is 0.250. The number of nitrogens with zero attached hydrogens (tertiary/aromatic N) is 1. The molecule has 0 aliphatic rings. The molecule has 0 unspecified atom stereocenters. The Morgan fingerprint density at radius 2 is 2.14 bits per heavy atom. The molecule has 1 aromatic heterocycles. The van der Waals surface area contributed by atoms with Crippen LogP contribution in [0, 0.1) is 5.82 Å². The van der Waals surface area contributed by atoms with Crippen LogP contribution in [0.5, 0.6) is 0 Å². The number of methoxy groups -OCH3 is 1. The second-order valence-electron chi connectivity index (χ2n) is 4.67. The number of aromatic nitrogens is 1. The van der Waals surface area contributed by atoms with Gasteiger partial charge in [0.15, 0.2) is 0 Å². The van der Waals surface area contributed by atoms with Crippen molar-refractivity contribution in [2.45, 2.75) is 6.42 Å². The summed E-state index contributed by atoms with van der Waals surface area (Å²) >= 11 is 0. The number of benzene rings is 1. The van der Waals surface area contributed by atoms with Crippen LogP contribution in [0.1, 0.15) is 16.9 Å². The number of hydrogen-bond donors (Lipinski definition) is 2. The Bertz CT molecular complexity index is 634. The van der Waals surface area contributed by atoms with E-state index in [1.165, 1.54) is 18.2 Å². The maximum Gasteiger partial charge on any atom is 0.274 e. The van der Waals surface area contributed by atoms with Crippen molar-refractivity contribution in [2.24, 2.45) is 0 Å². The number of carbonyl (C=O) groups is 1. The SMILES string of the molecule is COCCCNc1ccnc(C(=O)Nc2cccc(F)c2)c1. The summed E-state index contributed by atoms with van der Waals surface area (Å²) in [5.74, 6) is -0.787. The maximum atomic E-state index is 13.1. The van der Waals surface area contributed by atoms with E-state index in [4.69, 9.17) is 4.74 Å². The quantitative estimate of drug-likeness (QED) is 0.772. The first-order valence-corrected chi connectivity index (χ1v) is 6.95. The van der Waals surface area contributed by atoms with Crippen LogP contribution in [0.3, 0.4) is 0 Å². The van der Waals surface area contributed by atoms with Gasteiger partial charge in [0.1, 0.15) is 11.5 Å². The van der Waals surface area contributed by atoms with Crippen molar-refractivity contribution in [2.75, 3.05) is 30.9 Å². The number of anilines is 2. The molecule has 6 heteroatoms. The molecule has 2 N–H and O–H groups in total. The minimum Gasteiger partial charge on any atom is -0.385 e. The molecular weight excluding hydrogens is 285 g/mol. The van der Waals surface area contributed by atoms with Gasteiger partial charge >= 0.3 is 0 Å². The highest BCUT2D eigenvalue weighted by molar-refractivity contribution is 6.03. The molecule has 1 heterocycles. The van der Waals surface area contributed by atoms with Crippen molar-refractivity contribution >= 4 is 17.3 Å². The molecule has 0 saturated heterocycles. The number of hydrogen-bond acceptors (Lipinski definition) is 4. The van der Waals surface area contributed by atoms with Gasteiger partial charge in [-0.1, -0.05) is 6.07 Å². The molecule has 2 rings (SSSR count). The molecule has 0 bridgehead atoms. The summed E-state index contributed by atoms with van der Waals surface area (Å²) in [6.45, 7) is 1.41. The van der Waals surface area contributed by atoms with Gasteiger partial charge in [0, 0.05) is 37.8 Å². The molecule has 0 aliphatic heterocycles. The second-order valence-corrected chi connectivity index (χ2v) is 4.67. The van der Waals surface area contributed by atoms with Gasteiger partial charge in [0.2, 0.25) is 0 Å². The van der Waals surface area contributed by atoms with E-state index in [-0.39, 0.29) is 11.6 Å². The van der Waals surface area contributed by atoms with E-state index in [1.54, 1.807) is 31.5 Å². The van der Waals surface area contributed by atoms with Gasteiger partial charge in [-0.05, 0) is 36.8 Å². The number of rotatable bonds is 7. The van der Waals surface area contributed by atoms with Crippen LogP contribution < -0.4 is 10.6 Å². The number of amides is 1. The van der Waals surface area contributed by atoms with Crippen molar-refractivity contribution in [3.05, 3.63) is 54.1 Å². The predicted molar refractivity (Wildman–Crippen MR) is 83.6 cm³/mol. The third-order valence-electron chi connectivity index (χ3n) is 2.93. The van der Waals surface area contributed by atoms with Crippen LogP contribution in [0.2, 0.25) is 0 Å². The van der Waals surface area contributed by atoms with Crippen molar-refractivity contribution in [3.63, 3.8) is 0 Å². The normalized spacial score (nSPS) is 10.3. The topological polar surface area (TPSA) is 63.2 Å². The minimum absolute atomic E-state index is 0.265. The minimum atomic E-state index is -0.403. The monoisotopic (exact) mass is 303 g/mol. The molecule has 1 amide bonds. The van der Waals surface area contributed by atoms with Crippen molar-refractivity contribution < 1.29 is 13.9 Å². The standard InChI is InChI=1S/C16H18FN3O2/c1-22-9-3-7-18-13-6-8-19-15(11-13)16(21)20-14-5-2-4-12(17)10-14/h2,4-6,8,10-11H,3,7,9H2,1H3,(H,18,19)(H,20,21). The summed E-state index contributed by atoms with van der Waals surface area (Å²) < 4.78 is 18.1. The maximum absolute atomic E-state index is 13.1. The molecule has 0 fully saturated rings. The van der Waals surface area contributed by atoms with Crippen LogP contribution in [0.4, 0.5) is 15.8 Å². The van der Waals surface area contributed by atoms with Gasteiger partial charge < -0.3 is 15.4 Å². The lowest BCUT2D eigenvalue weighted by Gasteiger charge is -2.08. The van der Waals surface area contributed by atoms with Crippen LogP contribution in [0.25, 0.3) is 0 Å². The summed E-state index contributed by atoms with van der Waals surface area (Å²) in [5.41, 5.74) is 1.46. The van der Waals surface area contributed by atoms with E-state index in [2.05, 4.69) is 15.6 Å². The fourth-order valence-electron chi connectivity index (χ4n) is 1.88. The van der Waals surface area contributed by atoms with E-state index in [0.29, 0.717) is 12.3 Å².